The average molecular weight is 328 g/mol. The van der Waals surface area contributed by atoms with Gasteiger partial charge in [0.2, 0.25) is 17.6 Å². The second-order valence-electron chi connectivity index (χ2n) is 5.08. The minimum Gasteiger partial charge on any atom is -0.496 e. The molecule has 0 saturated heterocycles. The summed E-state index contributed by atoms with van der Waals surface area (Å²) < 4.78 is 15.4. The maximum atomic E-state index is 11.9. The summed E-state index contributed by atoms with van der Waals surface area (Å²) in [7, 11) is 1.58. The highest BCUT2D eigenvalue weighted by molar-refractivity contribution is 5.89. The number of ether oxygens (including phenoxy) is 1. The number of hydrogen-bond donors (Lipinski definition) is 1. The summed E-state index contributed by atoms with van der Waals surface area (Å²) in [5.41, 5.74) is 0.734. The predicted octanol–water partition coefficient (Wildman–Crippen LogP) is 2.61. The standard InChI is InChI=1S/C16H16N4O4/c1-10-9-13(19-23-10)17-14(21)7-8-15-18-16(20-24-15)11-5-3-4-6-12(11)22-2/h3-6,9H,7-8H2,1-2H3,(H,17,19,21). The Balaban J connectivity index is 1.61. The maximum absolute atomic E-state index is 11.9. The van der Waals surface area contributed by atoms with E-state index in [1.807, 2.05) is 24.3 Å². The monoisotopic (exact) mass is 328 g/mol. The Labute approximate surface area is 137 Å². The third kappa shape index (κ3) is 3.60. The first-order chi connectivity index (χ1) is 11.7. The molecular formula is C16H16N4O4. The average Bonchev–Trinajstić information content (AvgIpc) is 3.22. The number of rotatable bonds is 6. The topological polar surface area (TPSA) is 103 Å². The Morgan fingerprint density at radius 3 is 2.83 bits per heavy atom. The third-order valence-corrected chi connectivity index (χ3v) is 3.28. The molecule has 0 radical (unpaired) electrons. The van der Waals surface area contributed by atoms with E-state index in [-0.39, 0.29) is 12.3 Å². The van der Waals surface area contributed by atoms with Crippen molar-refractivity contribution in [1.82, 2.24) is 15.3 Å². The molecule has 8 heteroatoms. The van der Waals surface area contributed by atoms with Crippen LogP contribution in [0.4, 0.5) is 5.82 Å². The van der Waals surface area contributed by atoms with Gasteiger partial charge >= 0.3 is 0 Å². The van der Waals surface area contributed by atoms with Crippen LogP contribution in [-0.4, -0.2) is 28.3 Å². The second kappa shape index (κ2) is 6.95. The number of carbonyl (C=O) groups excluding carboxylic acids is 1. The number of aromatic nitrogens is 3. The highest BCUT2D eigenvalue weighted by Gasteiger charge is 2.14. The molecule has 124 valence electrons. The van der Waals surface area contributed by atoms with Crippen LogP contribution >= 0.6 is 0 Å². The number of anilines is 1. The Kier molecular flexibility index (Phi) is 4.55. The van der Waals surface area contributed by atoms with Gasteiger partial charge in [0.05, 0.1) is 12.7 Å². The normalized spacial score (nSPS) is 10.6. The SMILES string of the molecule is COc1ccccc1-c1noc(CCC(=O)Nc2cc(C)on2)n1. The molecule has 2 aromatic heterocycles. The summed E-state index contributed by atoms with van der Waals surface area (Å²) in [6.07, 6.45) is 0.518. The van der Waals surface area contributed by atoms with Crippen LogP contribution in [0.15, 0.2) is 39.4 Å². The zero-order valence-corrected chi connectivity index (χ0v) is 13.3. The largest absolute Gasteiger partial charge is 0.496 e. The highest BCUT2D eigenvalue weighted by atomic mass is 16.5. The molecule has 2 heterocycles. The van der Waals surface area contributed by atoms with Gasteiger partial charge in [-0.3, -0.25) is 4.79 Å². The number of hydrogen-bond acceptors (Lipinski definition) is 7. The molecule has 1 amide bonds. The number of methoxy groups -OCH3 is 1. The predicted molar refractivity (Wildman–Crippen MR) is 84.5 cm³/mol. The van der Waals surface area contributed by atoms with Gasteiger partial charge in [-0.15, -0.1) is 0 Å². The lowest BCUT2D eigenvalue weighted by Gasteiger charge is -2.03. The van der Waals surface area contributed by atoms with Gasteiger partial charge in [0.25, 0.3) is 0 Å². The summed E-state index contributed by atoms with van der Waals surface area (Å²) in [5.74, 6) is 2.27. The minimum atomic E-state index is -0.208. The van der Waals surface area contributed by atoms with Crippen molar-refractivity contribution in [1.29, 1.82) is 0 Å². The number of amides is 1. The summed E-state index contributed by atoms with van der Waals surface area (Å²) in [6.45, 7) is 1.75. The Hall–Kier alpha value is -3.16. The van der Waals surface area contributed by atoms with Crippen LogP contribution < -0.4 is 10.1 Å². The van der Waals surface area contributed by atoms with E-state index in [0.717, 1.165) is 5.56 Å². The van der Waals surface area contributed by atoms with Crippen LogP contribution in [0.5, 0.6) is 5.75 Å². The second-order valence-corrected chi connectivity index (χ2v) is 5.08. The summed E-state index contributed by atoms with van der Waals surface area (Å²) in [4.78, 5) is 16.2. The molecule has 0 aliphatic rings. The van der Waals surface area contributed by atoms with Gasteiger partial charge in [-0.05, 0) is 19.1 Å². The molecule has 8 nitrogen and oxygen atoms in total. The Morgan fingerprint density at radius 2 is 2.08 bits per heavy atom. The third-order valence-electron chi connectivity index (χ3n) is 3.28. The molecule has 0 atom stereocenters. The number of benzene rings is 1. The molecule has 0 fully saturated rings. The maximum Gasteiger partial charge on any atom is 0.227 e. The van der Waals surface area contributed by atoms with E-state index in [1.165, 1.54) is 0 Å². The molecule has 1 N–H and O–H groups in total. The first-order valence-corrected chi connectivity index (χ1v) is 7.35. The lowest BCUT2D eigenvalue weighted by atomic mass is 10.2. The van der Waals surface area contributed by atoms with E-state index < -0.39 is 0 Å². The van der Waals surface area contributed by atoms with Gasteiger partial charge in [0.1, 0.15) is 11.5 Å². The molecule has 3 aromatic rings. The van der Waals surface area contributed by atoms with E-state index in [9.17, 15) is 4.79 Å². The smallest absolute Gasteiger partial charge is 0.227 e. The highest BCUT2D eigenvalue weighted by Crippen LogP contribution is 2.27. The zero-order valence-electron chi connectivity index (χ0n) is 13.3. The lowest BCUT2D eigenvalue weighted by Crippen LogP contribution is -2.12. The molecular weight excluding hydrogens is 312 g/mol. The van der Waals surface area contributed by atoms with Crippen molar-refractivity contribution in [2.24, 2.45) is 0 Å². The van der Waals surface area contributed by atoms with Crippen molar-refractivity contribution >= 4 is 11.7 Å². The quantitative estimate of drug-likeness (QED) is 0.741. The van der Waals surface area contributed by atoms with Crippen molar-refractivity contribution in [2.45, 2.75) is 19.8 Å². The number of nitrogens with one attached hydrogen (secondary N) is 1. The fraction of sp³-hybridized carbons (Fsp3) is 0.250. The molecule has 0 unspecified atom stereocenters. The number of para-hydroxylation sites is 1. The molecule has 0 bridgehead atoms. The first-order valence-electron chi connectivity index (χ1n) is 7.35. The number of carbonyl (C=O) groups is 1. The lowest BCUT2D eigenvalue weighted by molar-refractivity contribution is -0.116. The Morgan fingerprint density at radius 1 is 1.25 bits per heavy atom. The van der Waals surface area contributed by atoms with Crippen LogP contribution in [-0.2, 0) is 11.2 Å². The molecule has 1 aromatic carbocycles. The fourth-order valence-corrected chi connectivity index (χ4v) is 2.15. The summed E-state index contributed by atoms with van der Waals surface area (Å²) >= 11 is 0. The van der Waals surface area contributed by atoms with Crippen molar-refractivity contribution in [3.05, 3.63) is 42.0 Å². The molecule has 0 aliphatic carbocycles. The van der Waals surface area contributed by atoms with Gasteiger partial charge < -0.3 is 19.1 Å². The van der Waals surface area contributed by atoms with Crippen LogP contribution in [0, 0.1) is 6.92 Å². The van der Waals surface area contributed by atoms with Crippen molar-refractivity contribution < 1.29 is 18.6 Å². The molecule has 0 aliphatic heterocycles. The molecule has 0 spiro atoms. The fourth-order valence-electron chi connectivity index (χ4n) is 2.15. The molecule has 0 saturated carbocycles. The van der Waals surface area contributed by atoms with Gasteiger partial charge in [0, 0.05) is 18.9 Å². The van der Waals surface area contributed by atoms with Crippen LogP contribution in [0.25, 0.3) is 11.4 Å². The molecule has 3 rings (SSSR count). The van der Waals surface area contributed by atoms with E-state index in [1.54, 1.807) is 20.1 Å². The minimum absolute atomic E-state index is 0.194. The zero-order chi connectivity index (χ0) is 16.9. The van der Waals surface area contributed by atoms with Crippen LogP contribution in [0.2, 0.25) is 0 Å². The van der Waals surface area contributed by atoms with Crippen LogP contribution in [0.3, 0.4) is 0 Å². The number of nitrogens with zero attached hydrogens (tertiary/aromatic N) is 3. The van der Waals surface area contributed by atoms with Gasteiger partial charge in [-0.2, -0.15) is 4.98 Å². The van der Waals surface area contributed by atoms with Crippen molar-refractivity contribution in [3.63, 3.8) is 0 Å². The first kappa shape index (κ1) is 15.7. The van der Waals surface area contributed by atoms with Crippen molar-refractivity contribution in [3.8, 4) is 17.1 Å². The summed E-state index contributed by atoms with van der Waals surface area (Å²) in [6, 6.07) is 9.02. The van der Waals surface area contributed by atoms with Gasteiger partial charge in [0.15, 0.2) is 5.82 Å². The Bertz CT molecular complexity index is 840. The summed E-state index contributed by atoms with van der Waals surface area (Å²) in [5, 5.41) is 10.3. The van der Waals surface area contributed by atoms with E-state index in [0.29, 0.717) is 35.5 Å². The van der Waals surface area contributed by atoms with Crippen molar-refractivity contribution in [2.75, 3.05) is 12.4 Å². The van der Waals surface area contributed by atoms with Crippen LogP contribution in [0.1, 0.15) is 18.1 Å². The molecule has 24 heavy (non-hydrogen) atoms. The van der Waals surface area contributed by atoms with E-state index in [4.69, 9.17) is 13.8 Å². The van der Waals surface area contributed by atoms with E-state index in [2.05, 4.69) is 20.6 Å². The van der Waals surface area contributed by atoms with E-state index >= 15 is 0 Å². The van der Waals surface area contributed by atoms with Gasteiger partial charge in [-0.1, -0.05) is 22.4 Å². The number of aryl methyl sites for hydroxylation is 2. The van der Waals surface area contributed by atoms with Gasteiger partial charge in [-0.25, -0.2) is 0 Å².